The Morgan fingerprint density at radius 3 is 0.933 bits per heavy atom. The van der Waals surface area contributed by atoms with Crippen molar-refractivity contribution < 1.29 is 39.4 Å². The van der Waals surface area contributed by atoms with Crippen LogP contribution in [0.4, 0.5) is 13.2 Å². The van der Waals surface area contributed by atoms with Crippen LogP contribution in [0.3, 0.4) is 0 Å². The van der Waals surface area contributed by atoms with E-state index in [0.29, 0.717) is 0 Å². The van der Waals surface area contributed by atoms with Gasteiger partial charge in [-0.15, -0.1) is 0 Å². The Balaban J connectivity index is 0. The molecule has 0 spiro atoms. The molecule has 79 valence electrons. The van der Waals surface area contributed by atoms with E-state index in [1.54, 1.807) is 0 Å². The van der Waals surface area contributed by atoms with Crippen LogP contribution >= 0.6 is 0 Å². The van der Waals surface area contributed by atoms with Gasteiger partial charge in [0.15, 0.2) is 6.68 Å². The Labute approximate surface area is 107 Å². The quantitative estimate of drug-likeness (QED) is 0.639. The minimum Gasteiger partial charge on any atom is -0.385 e. The van der Waals surface area contributed by atoms with Gasteiger partial charge < -0.3 is 13.2 Å². The van der Waals surface area contributed by atoms with Crippen LogP contribution in [0.5, 0.6) is 0 Å². The molecule has 0 bridgehead atoms. The maximum atomic E-state index is 9.58. The minimum absolute atomic E-state index is 0. The summed E-state index contributed by atoms with van der Waals surface area (Å²) in [4.78, 5) is 0. The molecule has 0 saturated heterocycles. The van der Waals surface area contributed by atoms with Gasteiger partial charge in [0.05, 0.1) is 0 Å². The second-order valence-corrected chi connectivity index (χ2v) is 2.14. The summed E-state index contributed by atoms with van der Waals surface area (Å²) < 4.78 is 28.8. The van der Waals surface area contributed by atoms with Crippen LogP contribution in [-0.4, -0.2) is 0 Å². The monoisotopic (exact) mass is 289 g/mol. The average molecular weight is 290 g/mol. The zero-order valence-electron chi connectivity index (χ0n) is 7.91. The third-order valence-electron chi connectivity index (χ3n) is 1.11. The Bertz CT molecular complexity index is 188. The molecule has 0 fully saturated rings. The molecule has 0 amide bonds. The second kappa shape index (κ2) is 13.4. The Kier molecular flexibility index (Phi) is 15.0. The number of hydrogen-bond donors (Lipinski definition) is 0. The summed E-state index contributed by atoms with van der Waals surface area (Å²) in [5.74, 6) is 0. The molecule has 0 aliphatic heterocycles. The summed E-state index contributed by atoms with van der Waals surface area (Å²) in [6.07, 6.45) is 0. The number of halogens is 3. The van der Waals surface area contributed by atoms with E-state index in [0.717, 1.165) is 0 Å². The smallest absolute Gasteiger partial charge is 0.385 e. The molecule has 4 heteroatoms. The van der Waals surface area contributed by atoms with Crippen molar-refractivity contribution >= 4 is 0 Å². The summed E-state index contributed by atoms with van der Waals surface area (Å²) in [5.41, 5.74) is 0. The van der Waals surface area contributed by atoms with Gasteiger partial charge in [-0.05, 0) is 0 Å². The zero-order valence-corrected chi connectivity index (χ0v) is 10.4. The predicted octanol–water partition coefficient (Wildman–Crippen LogP) is 4.15. The molecule has 0 aliphatic rings. The summed E-state index contributed by atoms with van der Waals surface area (Å²) >= 11 is 0. The normalized spacial score (nSPS) is 7.73. The molecule has 0 heterocycles. The molecular weight excluding hydrogens is 280 g/mol. The molecule has 2 aromatic carbocycles. The largest absolute Gasteiger partial charge is 3.00 e. The first-order valence-corrected chi connectivity index (χ1v) is 3.90. The van der Waals surface area contributed by atoms with E-state index in [1.165, 1.54) is 0 Å². The van der Waals surface area contributed by atoms with E-state index in [4.69, 9.17) is 0 Å². The molecule has 0 N–H and O–H groups in total. The van der Waals surface area contributed by atoms with Crippen LogP contribution < -0.4 is 0 Å². The molecule has 2 rings (SSSR count). The molecule has 0 atom stereocenters. The summed E-state index contributed by atoms with van der Waals surface area (Å²) in [5, 5.41) is 0. The fourth-order valence-corrected chi connectivity index (χ4v) is 0.642. The van der Waals surface area contributed by atoms with Crippen LogP contribution in [0, 0.1) is 6.68 Å². The topological polar surface area (TPSA) is 0 Å². The SMILES string of the molecule is F[C-](F)F.[Zr+3].c1cc[cH-]c1.c1cc[cH-]c1. The van der Waals surface area contributed by atoms with Crippen LogP contribution in [0.1, 0.15) is 0 Å². The third-order valence-corrected chi connectivity index (χ3v) is 1.11. The Morgan fingerprint density at radius 1 is 0.667 bits per heavy atom. The van der Waals surface area contributed by atoms with Gasteiger partial charge in [0, 0.05) is 0 Å². The van der Waals surface area contributed by atoms with Gasteiger partial charge in [-0.3, -0.25) is 0 Å². The van der Waals surface area contributed by atoms with Gasteiger partial charge in [0.1, 0.15) is 0 Å². The number of rotatable bonds is 0. The fourth-order valence-electron chi connectivity index (χ4n) is 0.642. The van der Waals surface area contributed by atoms with Crippen molar-refractivity contribution in [3.8, 4) is 0 Å². The molecule has 0 nitrogen and oxygen atoms in total. The fraction of sp³-hybridized carbons (Fsp3) is 0. The second-order valence-electron chi connectivity index (χ2n) is 2.14. The maximum Gasteiger partial charge on any atom is 3.00 e. The van der Waals surface area contributed by atoms with Crippen molar-refractivity contribution in [3.63, 3.8) is 0 Å². The molecule has 0 unspecified atom stereocenters. The standard InChI is InChI=1S/2C5H5.CF3.Zr/c2*1-2-4-5-3-1;2-1(3)4;/h2*1-5H;;/q3*-1;+3. The molecule has 0 aromatic heterocycles. The third kappa shape index (κ3) is 19.7. The van der Waals surface area contributed by atoms with Crippen molar-refractivity contribution in [2.24, 2.45) is 0 Å². The number of hydrogen-bond acceptors (Lipinski definition) is 0. The first-order valence-electron chi connectivity index (χ1n) is 3.90. The first-order chi connectivity index (χ1) is 6.73. The summed E-state index contributed by atoms with van der Waals surface area (Å²) in [6.45, 7) is -3.08. The summed E-state index contributed by atoms with van der Waals surface area (Å²) in [6, 6.07) is 20.0. The van der Waals surface area contributed by atoms with Gasteiger partial charge >= 0.3 is 26.2 Å². The molecule has 0 aliphatic carbocycles. The van der Waals surface area contributed by atoms with Gasteiger partial charge in [0.25, 0.3) is 0 Å². The van der Waals surface area contributed by atoms with E-state index in [1.807, 2.05) is 60.7 Å². The molecule has 15 heavy (non-hydrogen) atoms. The Hall–Kier alpha value is -0.627. The van der Waals surface area contributed by atoms with Gasteiger partial charge in [-0.1, -0.05) is 0 Å². The van der Waals surface area contributed by atoms with Gasteiger partial charge in [0.2, 0.25) is 0 Å². The first kappa shape index (κ1) is 16.8. The van der Waals surface area contributed by atoms with Crippen molar-refractivity contribution in [2.75, 3.05) is 0 Å². The van der Waals surface area contributed by atoms with Crippen LogP contribution in [0.15, 0.2) is 60.7 Å². The van der Waals surface area contributed by atoms with E-state index >= 15 is 0 Å². The minimum atomic E-state index is -3.08. The molecule has 0 saturated carbocycles. The van der Waals surface area contributed by atoms with E-state index < -0.39 is 6.68 Å². The van der Waals surface area contributed by atoms with Crippen LogP contribution in [0.25, 0.3) is 0 Å². The van der Waals surface area contributed by atoms with Gasteiger partial charge in [-0.25, -0.2) is 24.3 Å². The van der Waals surface area contributed by atoms with Crippen molar-refractivity contribution in [1.82, 2.24) is 0 Å². The molecule has 2 aromatic rings. The molecule has 1 radical (unpaired) electrons. The Morgan fingerprint density at radius 2 is 0.867 bits per heavy atom. The zero-order chi connectivity index (χ0) is 10.6. The average Bonchev–Trinajstić information content (AvgIpc) is 2.83. The van der Waals surface area contributed by atoms with Crippen LogP contribution in [-0.2, 0) is 26.2 Å². The van der Waals surface area contributed by atoms with Gasteiger partial charge in [-0.2, -0.15) is 36.4 Å². The van der Waals surface area contributed by atoms with Crippen molar-refractivity contribution in [2.45, 2.75) is 0 Å². The van der Waals surface area contributed by atoms with E-state index in [2.05, 4.69) is 0 Å². The van der Waals surface area contributed by atoms with E-state index in [9.17, 15) is 13.2 Å². The maximum absolute atomic E-state index is 9.58. The van der Waals surface area contributed by atoms with Crippen LogP contribution in [0.2, 0.25) is 0 Å². The summed E-state index contributed by atoms with van der Waals surface area (Å²) in [7, 11) is 0. The predicted molar refractivity (Wildman–Crippen MR) is 50.6 cm³/mol. The molecular formula is C11H10F3Zr. The van der Waals surface area contributed by atoms with Crippen molar-refractivity contribution in [3.05, 3.63) is 67.3 Å². The van der Waals surface area contributed by atoms with E-state index in [-0.39, 0.29) is 26.2 Å². The van der Waals surface area contributed by atoms with Crippen molar-refractivity contribution in [1.29, 1.82) is 0 Å².